The molecular weight excluding hydrogens is 436 g/mol. The van der Waals surface area contributed by atoms with E-state index in [1.54, 1.807) is 11.3 Å². The van der Waals surface area contributed by atoms with Crippen molar-refractivity contribution in [3.63, 3.8) is 0 Å². The third-order valence-electron chi connectivity index (χ3n) is 6.23. The summed E-state index contributed by atoms with van der Waals surface area (Å²) >= 11 is 1.56. The van der Waals surface area contributed by atoms with Gasteiger partial charge in [-0.1, -0.05) is 66.7 Å². The van der Waals surface area contributed by atoms with E-state index < -0.39 is 0 Å². The molecule has 0 atom stereocenters. The van der Waals surface area contributed by atoms with Crippen molar-refractivity contribution in [3.8, 4) is 0 Å². The zero-order chi connectivity index (χ0) is 23.1. The van der Waals surface area contributed by atoms with E-state index >= 15 is 0 Å². The molecule has 0 aliphatic heterocycles. The molecule has 6 rings (SSSR count). The molecule has 4 aromatic carbocycles. The highest BCUT2D eigenvalue weighted by atomic mass is 32.1. The van der Waals surface area contributed by atoms with Crippen LogP contribution in [0.5, 0.6) is 0 Å². The van der Waals surface area contributed by atoms with Gasteiger partial charge in [-0.2, -0.15) is 0 Å². The molecule has 3 nitrogen and oxygen atoms in total. The molecule has 0 aliphatic rings. The van der Waals surface area contributed by atoms with Crippen LogP contribution in [-0.2, 0) is 6.54 Å². The van der Waals surface area contributed by atoms with Crippen LogP contribution < -0.4 is 0 Å². The molecule has 4 heteroatoms. The second kappa shape index (κ2) is 8.40. The van der Waals surface area contributed by atoms with Crippen molar-refractivity contribution in [1.29, 1.82) is 0 Å². The molecule has 2 heterocycles. The van der Waals surface area contributed by atoms with Crippen molar-refractivity contribution in [2.75, 3.05) is 0 Å². The number of nitrogens with zero attached hydrogens (tertiary/aromatic N) is 2. The normalized spacial score (nSPS) is 12.1. The van der Waals surface area contributed by atoms with E-state index in [0.29, 0.717) is 11.1 Å². The van der Waals surface area contributed by atoms with Gasteiger partial charge in [0.2, 0.25) is 0 Å². The van der Waals surface area contributed by atoms with Crippen molar-refractivity contribution in [3.05, 3.63) is 113 Å². The zero-order valence-corrected chi connectivity index (χ0v) is 19.5. The number of fused-ring (bicyclic) bond motifs is 4. The number of Topliss-reactive ketones (excluding diaryl/α,β-unsaturated/α-hetero) is 1. The Morgan fingerprint density at radius 1 is 0.853 bits per heavy atom. The van der Waals surface area contributed by atoms with E-state index in [1.165, 1.54) is 21.8 Å². The highest BCUT2D eigenvalue weighted by Crippen LogP contribution is 2.33. The van der Waals surface area contributed by atoms with Gasteiger partial charge in [-0.3, -0.25) is 4.79 Å². The summed E-state index contributed by atoms with van der Waals surface area (Å²) in [6.07, 6.45) is 1.99. The van der Waals surface area contributed by atoms with Gasteiger partial charge in [-0.05, 0) is 48.9 Å². The fourth-order valence-corrected chi connectivity index (χ4v) is 5.60. The number of rotatable bonds is 5. The molecule has 0 saturated carbocycles. The third-order valence-corrected chi connectivity index (χ3v) is 7.30. The van der Waals surface area contributed by atoms with Gasteiger partial charge in [0.25, 0.3) is 0 Å². The first-order valence-corrected chi connectivity index (χ1v) is 12.2. The Labute approximate surface area is 201 Å². The zero-order valence-electron chi connectivity index (χ0n) is 18.7. The molecule has 0 saturated heterocycles. The summed E-state index contributed by atoms with van der Waals surface area (Å²) in [5.74, 6) is -0.0178. The number of aromatic nitrogens is 2. The lowest BCUT2D eigenvalue weighted by atomic mass is 10.0. The van der Waals surface area contributed by atoms with Crippen molar-refractivity contribution in [1.82, 2.24) is 9.55 Å². The third kappa shape index (κ3) is 3.44. The first kappa shape index (κ1) is 20.6. The lowest BCUT2D eigenvalue weighted by molar-refractivity contribution is 0.105. The molecule has 0 spiro atoms. The van der Waals surface area contributed by atoms with Crippen LogP contribution >= 0.6 is 11.3 Å². The average Bonchev–Trinajstić information content (AvgIpc) is 3.46. The molecule has 0 aliphatic carbocycles. The molecule has 0 N–H and O–H groups in total. The molecule has 0 amide bonds. The predicted octanol–water partition coefficient (Wildman–Crippen LogP) is 7.85. The fourth-order valence-electron chi connectivity index (χ4n) is 4.63. The Bertz CT molecular complexity index is 1670. The highest BCUT2D eigenvalue weighted by Gasteiger charge is 2.19. The number of aryl methyl sites for hydroxylation is 1. The molecule has 0 bridgehead atoms. The molecule has 0 unspecified atom stereocenters. The number of para-hydroxylation sites is 2. The molecule has 34 heavy (non-hydrogen) atoms. The minimum absolute atomic E-state index is 0.0178. The Morgan fingerprint density at radius 2 is 1.59 bits per heavy atom. The van der Waals surface area contributed by atoms with Crippen molar-refractivity contribution < 1.29 is 4.79 Å². The number of thiazole rings is 1. The highest BCUT2D eigenvalue weighted by molar-refractivity contribution is 7.20. The van der Waals surface area contributed by atoms with Crippen LogP contribution in [0.2, 0.25) is 0 Å². The maximum absolute atomic E-state index is 13.6. The van der Waals surface area contributed by atoms with Gasteiger partial charge in [0.15, 0.2) is 5.78 Å². The smallest absolute Gasteiger partial charge is 0.196 e. The number of benzene rings is 4. The van der Waals surface area contributed by atoms with E-state index in [0.717, 1.165) is 27.3 Å². The monoisotopic (exact) mass is 458 g/mol. The molecule has 0 radical (unpaired) electrons. The van der Waals surface area contributed by atoms with Gasteiger partial charge < -0.3 is 4.57 Å². The van der Waals surface area contributed by atoms with Crippen LogP contribution in [0.4, 0.5) is 0 Å². The summed E-state index contributed by atoms with van der Waals surface area (Å²) in [4.78, 5) is 18.5. The fraction of sp³-hybridized carbons (Fsp3) is 0.0667. The van der Waals surface area contributed by atoms with Crippen molar-refractivity contribution >= 4 is 60.8 Å². The molecular formula is C30H22N2OS. The predicted molar refractivity (Wildman–Crippen MR) is 143 cm³/mol. The average molecular weight is 459 g/mol. The number of hydrogen-bond donors (Lipinski definition) is 0. The van der Waals surface area contributed by atoms with Gasteiger partial charge in [-0.25, -0.2) is 4.98 Å². The van der Waals surface area contributed by atoms with Gasteiger partial charge in [0.1, 0.15) is 5.01 Å². The largest absolute Gasteiger partial charge is 0.341 e. The Hall–Kier alpha value is -4.02. The van der Waals surface area contributed by atoms with Gasteiger partial charge in [-0.15, -0.1) is 11.3 Å². The van der Waals surface area contributed by atoms with Crippen LogP contribution in [0.15, 0.2) is 97.1 Å². The van der Waals surface area contributed by atoms with Crippen LogP contribution in [0.1, 0.15) is 27.9 Å². The van der Waals surface area contributed by atoms with Crippen molar-refractivity contribution in [2.24, 2.45) is 0 Å². The Kier molecular flexibility index (Phi) is 5.08. The number of ketones is 1. The number of allylic oxidation sites excluding steroid dienone is 1. The minimum atomic E-state index is -0.0178. The SMILES string of the molecule is CCn1c2ccccc2c2cc(/C=C(/C(=O)c3ccccc3)c3nc4ccccc4s3)ccc21. The molecule has 164 valence electrons. The number of hydrogen-bond acceptors (Lipinski definition) is 3. The van der Waals surface area contributed by atoms with E-state index in [2.05, 4.69) is 54.0 Å². The molecule has 2 aromatic heterocycles. The van der Waals surface area contributed by atoms with E-state index in [-0.39, 0.29) is 5.78 Å². The van der Waals surface area contributed by atoms with Gasteiger partial charge >= 0.3 is 0 Å². The summed E-state index contributed by atoms with van der Waals surface area (Å²) in [6.45, 7) is 3.08. The summed E-state index contributed by atoms with van der Waals surface area (Å²) in [7, 11) is 0. The summed E-state index contributed by atoms with van der Waals surface area (Å²) in [5, 5.41) is 3.17. The Balaban J connectivity index is 1.56. The molecule has 6 aromatic rings. The first-order valence-electron chi connectivity index (χ1n) is 11.4. The van der Waals surface area contributed by atoms with Crippen molar-refractivity contribution in [2.45, 2.75) is 13.5 Å². The summed E-state index contributed by atoms with van der Waals surface area (Å²) in [6, 6.07) is 32.4. The quantitative estimate of drug-likeness (QED) is 0.195. The summed E-state index contributed by atoms with van der Waals surface area (Å²) < 4.78 is 3.41. The van der Waals surface area contributed by atoms with Crippen LogP contribution in [0.25, 0.3) is 43.7 Å². The van der Waals surface area contributed by atoms with E-state index in [9.17, 15) is 4.79 Å². The number of carbonyl (C=O) groups excluding carboxylic acids is 1. The van der Waals surface area contributed by atoms with Crippen LogP contribution in [0.3, 0.4) is 0 Å². The van der Waals surface area contributed by atoms with Crippen LogP contribution in [-0.4, -0.2) is 15.3 Å². The maximum Gasteiger partial charge on any atom is 0.196 e. The van der Waals surface area contributed by atoms with E-state index in [1.807, 2.05) is 60.7 Å². The second-order valence-corrected chi connectivity index (χ2v) is 9.31. The lowest BCUT2D eigenvalue weighted by Gasteiger charge is -2.06. The first-order chi connectivity index (χ1) is 16.7. The standard InChI is InChI=1S/C30H22N2OS/c1-2-32-26-14-8-6-12-22(26)23-18-20(16-17-27(23)32)19-24(29(33)21-10-4-3-5-11-21)30-31-25-13-7-9-15-28(25)34-30/h3-19H,2H2,1H3/b24-19-. The lowest BCUT2D eigenvalue weighted by Crippen LogP contribution is -2.02. The molecule has 0 fully saturated rings. The van der Waals surface area contributed by atoms with E-state index in [4.69, 9.17) is 4.98 Å². The number of carbonyl (C=O) groups is 1. The van der Waals surface area contributed by atoms with Gasteiger partial charge in [0.05, 0.1) is 15.8 Å². The summed E-state index contributed by atoms with van der Waals surface area (Å²) in [5.41, 5.74) is 5.62. The van der Waals surface area contributed by atoms with Gasteiger partial charge in [0, 0.05) is 33.9 Å². The topological polar surface area (TPSA) is 34.9 Å². The van der Waals surface area contributed by atoms with Crippen LogP contribution in [0, 0.1) is 0 Å². The Morgan fingerprint density at radius 3 is 2.41 bits per heavy atom. The minimum Gasteiger partial charge on any atom is -0.341 e. The maximum atomic E-state index is 13.6. The second-order valence-electron chi connectivity index (χ2n) is 8.28.